The number of ether oxygens (including phenoxy) is 1. The molecule has 2 fully saturated rings. The van der Waals surface area contributed by atoms with Crippen LogP contribution in [-0.4, -0.2) is 52.6 Å². The molecule has 1 saturated carbocycles. The van der Waals surface area contributed by atoms with Crippen LogP contribution in [-0.2, 0) is 9.53 Å². The average molecular weight is 392 g/mol. The van der Waals surface area contributed by atoms with Crippen LogP contribution in [0.1, 0.15) is 80.6 Å². The summed E-state index contributed by atoms with van der Waals surface area (Å²) in [7, 11) is 0. The molecule has 1 aliphatic heterocycles. The first-order valence-electron chi connectivity index (χ1n) is 10.5. The monoisotopic (exact) mass is 391 g/mol. The van der Waals surface area contributed by atoms with Gasteiger partial charge in [-0.2, -0.15) is 5.26 Å². The van der Waals surface area contributed by atoms with E-state index < -0.39 is 11.0 Å². The quantitative estimate of drug-likeness (QED) is 0.717. The van der Waals surface area contributed by atoms with Gasteiger partial charge in [-0.05, 0) is 72.1 Å². The third kappa shape index (κ3) is 5.40. The molecule has 0 N–H and O–H groups in total. The van der Waals surface area contributed by atoms with E-state index in [1.54, 1.807) is 18.7 Å². The molecular weight excluding hydrogens is 354 g/mol. The van der Waals surface area contributed by atoms with E-state index in [1.165, 1.54) is 0 Å². The van der Waals surface area contributed by atoms with Crippen molar-refractivity contribution < 1.29 is 14.3 Å². The largest absolute Gasteiger partial charge is 0.444 e. The Labute approximate surface area is 170 Å². The molecule has 2 amide bonds. The van der Waals surface area contributed by atoms with Crippen LogP contribution in [0.15, 0.2) is 0 Å². The van der Waals surface area contributed by atoms with Gasteiger partial charge in [0, 0.05) is 19.1 Å². The number of carbonyl (C=O) groups excluding carboxylic acids is 2. The highest BCUT2D eigenvalue weighted by molar-refractivity contribution is 5.85. The second-order valence-corrected chi connectivity index (χ2v) is 10.7. The van der Waals surface area contributed by atoms with Crippen molar-refractivity contribution in [3.8, 4) is 6.07 Å². The predicted molar refractivity (Wildman–Crippen MR) is 108 cm³/mol. The topological polar surface area (TPSA) is 73.6 Å². The second-order valence-electron chi connectivity index (χ2n) is 10.7. The van der Waals surface area contributed by atoms with E-state index in [0.29, 0.717) is 18.5 Å². The van der Waals surface area contributed by atoms with E-state index >= 15 is 0 Å². The van der Waals surface area contributed by atoms with Crippen LogP contribution < -0.4 is 0 Å². The Hall–Kier alpha value is -1.77. The van der Waals surface area contributed by atoms with Gasteiger partial charge in [0.15, 0.2) is 0 Å². The molecule has 1 aliphatic carbocycles. The Bertz CT molecular complexity index is 632. The van der Waals surface area contributed by atoms with Crippen LogP contribution in [0.5, 0.6) is 0 Å². The maximum Gasteiger partial charge on any atom is 0.410 e. The lowest BCUT2D eigenvalue weighted by atomic mass is 9.74. The lowest BCUT2D eigenvalue weighted by Crippen LogP contribution is -2.54. The summed E-state index contributed by atoms with van der Waals surface area (Å²) in [6.45, 7) is 14.5. The van der Waals surface area contributed by atoms with Crippen LogP contribution in [0.3, 0.4) is 0 Å². The maximum atomic E-state index is 13.3. The van der Waals surface area contributed by atoms with E-state index in [2.05, 4.69) is 19.9 Å². The third-order valence-corrected chi connectivity index (χ3v) is 5.96. The van der Waals surface area contributed by atoms with Crippen LogP contribution in [0.2, 0.25) is 0 Å². The first kappa shape index (κ1) is 22.5. The van der Waals surface area contributed by atoms with Crippen molar-refractivity contribution in [1.29, 1.82) is 5.26 Å². The first-order valence-corrected chi connectivity index (χ1v) is 10.5. The lowest BCUT2D eigenvalue weighted by molar-refractivity contribution is -0.144. The average Bonchev–Trinajstić information content (AvgIpc) is 3.04. The van der Waals surface area contributed by atoms with Crippen molar-refractivity contribution in [2.45, 2.75) is 98.3 Å². The van der Waals surface area contributed by atoms with Crippen LogP contribution in [0.25, 0.3) is 0 Å². The second kappa shape index (κ2) is 7.93. The minimum atomic E-state index is -1.06. The fraction of sp³-hybridized carbons (Fsp3) is 0.864. The minimum absolute atomic E-state index is 0.0566. The molecule has 158 valence electrons. The number of hydrogen-bond acceptors (Lipinski definition) is 4. The summed E-state index contributed by atoms with van der Waals surface area (Å²) in [4.78, 5) is 29.4. The van der Waals surface area contributed by atoms with Crippen molar-refractivity contribution in [3.63, 3.8) is 0 Å². The molecule has 0 bridgehead atoms. The number of carbonyl (C=O) groups is 2. The van der Waals surface area contributed by atoms with E-state index in [1.807, 2.05) is 25.7 Å². The number of hydrogen-bond donors (Lipinski definition) is 0. The number of amides is 2. The fourth-order valence-electron chi connectivity index (χ4n) is 4.12. The number of nitrogens with zero attached hydrogens (tertiary/aromatic N) is 3. The normalized spacial score (nSPS) is 23.2. The Balaban J connectivity index is 2.18. The molecule has 1 atom stereocenters. The van der Waals surface area contributed by atoms with Crippen LogP contribution >= 0.6 is 0 Å². The first-order chi connectivity index (χ1) is 12.8. The Morgan fingerprint density at radius 2 is 1.64 bits per heavy atom. The summed E-state index contributed by atoms with van der Waals surface area (Å²) in [6, 6.07) is 2.25. The van der Waals surface area contributed by atoms with E-state index in [-0.39, 0.29) is 24.1 Å². The Morgan fingerprint density at radius 1 is 1.07 bits per heavy atom. The van der Waals surface area contributed by atoms with Crippen molar-refractivity contribution in [1.82, 2.24) is 9.80 Å². The molecule has 1 heterocycles. The van der Waals surface area contributed by atoms with Gasteiger partial charge in [0.05, 0.1) is 12.1 Å². The number of rotatable bonds is 3. The number of likely N-dealkylation sites (tertiary alicyclic amines) is 1. The van der Waals surface area contributed by atoms with Gasteiger partial charge < -0.3 is 14.5 Å². The maximum absolute atomic E-state index is 13.3. The molecule has 6 heteroatoms. The van der Waals surface area contributed by atoms with Crippen LogP contribution in [0, 0.1) is 22.2 Å². The summed E-state index contributed by atoms with van der Waals surface area (Å²) < 4.78 is 5.50. The molecule has 0 unspecified atom stereocenters. The summed E-state index contributed by atoms with van der Waals surface area (Å²) >= 11 is 0. The van der Waals surface area contributed by atoms with E-state index in [0.717, 1.165) is 32.1 Å². The molecule has 28 heavy (non-hydrogen) atoms. The van der Waals surface area contributed by atoms with Crippen molar-refractivity contribution >= 4 is 12.0 Å². The van der Waals surface area contributed by atoms with Gasteiger partial charge in [-0.15, -0.1) is 0 Å². The number of nitriles is 1. The summed E-state index contributed by atoms with van der Waals surface area (Å²) in [5.41, 5.74) is -1.30. The van der Waals surface area contributed by atoms with Gasteiger partial charge in [0.2, 0.25) is 5.91 Å². The summed E-state index contributed by atoms with van der Waals surface area (Å²) in [5.74, 6) is -0.115. The summed E-state index contributed by atoms with van der Waals surface area (Å²) in [5, 5.41) is 9.52. The molecule has 0 aromatic heterocycles. The molecular formula is C22H37N3O3. The van der Waals surface area contributed by atoms with E-state index in [9.17, 15) is 14.9 Å². The molecule has 2 rings (SSSR count). The van der Waals surface area contributed by atoms with Gasteiger partial charge in [0.25, 0.3) is 0 Å². The minimum Gasteiger partial charge on any atom is -0.444 e. The molecule has 0 aromatic rings. The zero-order chi connectivity index (χ0) is 21.3. The lowest BCUT2D eigenvalue weighted by Gasteiger charge is -2.44. The van der Waals surface area contributed by atoms with Crippen molar-refractivity contribution in [2.24, 2.45) is 10.8 Å². The fourth-order valence-corrected chi connectivity index (χ4v) is 4.12. The van der Waals surface area contributed by atoms with Gasteiger partial charge in [-0.3, -0.25) is 4.79 Å². The Kier molecular flexibility index (Phi) is 6.37. The molecule has 0 aromatic carbocycles. The Morgan fingerprint density at radius 3 is 2.14 bits per heavy atom. The highest BCUT2D eigenvalue weighted by atomic mass is 16.6. The zero-order valence-electron chi connectivity index (χ0n) is 18.7. The molecule has 0 spiro atoms. The SMILES string of the molecule is CC1(C)CCC(N(C(=O)C(C)(C)C#N)[C@H]2CCN(C(=O)OC(C)(C)C)C2)CC1. The summed E-state index contributed by atoms with van der Waals surface area (Å²) in [6.07, 6.45) is 4.43. The van der Waals surface area contributed by atoms with Gasteiger partial charge in [-0.25, -0.2) is 4.79 Å². The van der Waals surface area contributed by atoms with E-state index in [4.69, 9.17) is 4.74 Å². The standard InChI is InChI=1S/C22H37N3O3/c1-20(2,3)28-19(27)24-13-10-17(14-24)25(18(26)22(6,7)15-23)16-8-11-21(4,5)12-9-16/h16-17H,8-14H2,1-7H3/t17-/m0/s1. The highest BCUT2D eigenvalue weighted by Crippen LogP contribution is 2.39. The molecule has 6 nitrogen and oxygen atoms in total. The highest BCUT2D eigenvalue weighted by Gasteiger charge is 2.44. The molecule has 0 radical (unpaired) electrons. The zero-order valence-corrected chi connectivity index (χ0v) is 18.7. The predicted octanol–water partition coefficient (Wildman–Crippen LogP) is 4.34. The van der Waals surface area contributed by atoms with Gasteiger partial charge in [0.1, 0.15) is 11.0 Å². The van der Waals surface area contributed by atoms with Gasteiger partial charge >= 0.3 is 6.09 Å². The van der Waals surface area contributed by atoms with Crippen molar-refractivity contribution in [3.05, 3.63) is 0 Å². The molecule has 1 saturated heterocycles. The van der Waals surface area contributed by atoms with Gasteiger partial charge in [-0.1, -0.05) is 13.8 Å². The third-order valence-electron chi connectivity index (χ3n) is 5.96. The van der Waals surface area contributed by atoms with Crippen molar-refractivity contribution in [2.75, 3.05) is 13.1 Å². The smallest absolute Gasteiger partial charge is 0.410 e. The van der Waals surface area contributed by atoms with Crippen LogP contribution in [0.4, 0.5) is 4.79 Å². The molecule has 2 aliphatic rings.